The Kier molecular flexibility index (Phi) is 4.73. The van der Waals surface area contributed by atoms with Gasteiger partial charge in [-0.1, -0.05) is 12.8 Å². The topological polar surface area (TPSA) is 62.6 Å². The first kappa shape index (κ1) is 15.5. The minimum Gasteiger partial charge on any atom is -0.452 e. The zero-order valence-electron chi connectivity index (χ0n) is 12.0. The lowest BCUT2D eigenvalue weighted by atomic mass is 10.2. The molecule has 3 rings (SSSR count). The smallest absolute Gasteiger partial charge is 0.247 e. The van der Waals surface area contributed by atoms with E-state index in [0.29, 0.717) is 36.1 Å². The summed E-state index contributed by atoms with van der Waals surface area (Å²) in [6.07, 6.45) is 6.47. The molecule has 1 aliphatic carbocycles. The van der Waals surface area contributed by atoms with E-state index in [1.165, 1.54) is 12.8 Å². The van der Waals surface area contributed by atoms with Crippen LogP contribution in [0.5, 0.6) is 0 Å². The molecule has 7 heteroatoms. The number of sulfonamides is 1. The van der Waals surface area contributed by atoms with Crippen molar-refractivity contribution in [2.75, 3.05) is 13.1 Å². The van der Waals surface area contributed by atoms with Gasteiger partial charge in [-0.25, -0.2) is 8.42 Å². The molecule has 0 unspecified atom stereocenters. The van der Waals surface area contributed by atoms with Gasteiger partial charge in [0.2, 0.25) is 10.0 Å². The number of furan rings is 1. The molecule has 0 spiro atoms. The van der Waals surface area contributed by atoms with Crippen molar-refractivity contribution in [2.24, 2.45) is 0 Å². The fourth-order valence-corrected chi connectivity index (χ4v) is 5.09. The third-order valence-corrected chi connectivity index (χ3v) is 6.79. The first-order valence-corrected chi connectivity index (χ1v) is 9.82. The lowest BCUT2D eigenvalue weighted by molar-refractivity contribution is 0.420. The maximum Gasteiger partial charge on any atom is 0.247 e. The molecule has 118 valence electrons. The van der Waals surface area contributed by atoms with Gasteiger partial charge in [0.1, 0.15) is 10.7 Å². The molecule has 1 aromatic rings. The molecule has 2 aliphatic rings. The van der Waals surface area contributed by atoms with Crippen LogP contribution >= 0.6 is 15.9 Å². The zero-order valence-corrected chi connectivity index (χ0v) is 14.4. The van der Waals surface area contributed by atoms with Crippen LogP contribution in [0.4, 0.5) is 0 Å². The lowest BCUT2D eigenvalue weighted by Gasteiger charge is -2.18. The van der Waals surface area contributed by atoms with Gasteiger partial charge >= 0.3 is 0 Å². The average molecular weight is 377 g/mol. The van der Waals surface area contributed by atoms with Crippen molar-refractivity contribution in [3.05, 3.63) is 16.5 Å². The van der Waals surface area contributed by atoms with E-state index >= 15 is 0 Å². The quantitative estimate of drug-likeness (QED) is 0.857. The van der Waals surface area contributed by atoms with Crippen LogP contribution in [0.1, 0.15) is 44.3 Å². The summed E-state index contributed by atoms with van der Waals surface area (Å²) in [5, 5.41) is 3.33. The van der Waals surface area contributed by atoms with Crippen LogP contribution in [0.25, 0.3) is 0 Å². The van der Waals surface area contributed by atoms with E-state index < -0.39 is 10.0 Å². The largest absolute Gasteiger partial charge is 0.452 e. The van der Waals surface area contributed by atoms with Gasteiger partial charge < -0.3 is 9.73 Å². The molecule has 0 aromatic carbocycles. The van der Waals surface area contributed by atoms with Crippen LogP contribution in [0.3, 0.4) is 0 Å². The van der Waals surface area contributed by atoms with Crippen LogP contribution in [-0.2, 0) is 16.6 Å². The molecule has 1 aliphatic heterocycles. The monoisotopic (exact) mass is 376 g/mol. The molecule has 1 N–H and O–H groups in total. The molecule has 1 saturated carbocycles. The van der Waals surface area contributed by atoms with E-state index in [0.717, 1.165) is 25.7 Å². The van der Waals surface area contributed by atoms with E-state index in [-0.39, 0.29) is 4.90 Å². The molecule has 2 fully saturated rings. The molecule has 2 heterocycles. The summed E-state index contributed by atoms with van der Waals surface area (Å²) in [7, 11) is -3.45. The van der Waals surface area contributed by atoms with Crippen molar-refractivity contribution < 1.29 is 12.8 Å². The number of halogens is 1. The standard InChI is InChI=1S/C14H21BrN2O3S/c15-14-13(9-12(20-14)10-16-11-5-6-11)21(18,19)17-7-3-1-2-4-8-17/h9,11,16H,1-8,10H2. The zero-order chi connectivity index (χ0) is 14.9. The lowest BCUT2D eigenvalue weighted by Crippen LogP contribution is -2.31. The summed E-state index contributed by atoms with van der Waals surface area (Å²) < 4.78 is 32.9. The van der Waals surface area contributed by atoms with Crippen LogP contribution in [0, 0.1) is 0 Å². The fraction of sp³-hybridized carbons (Fsp3) is 0.714. The predicted octanol–water partition coefficient (Wildman–Crippen LogP) is 2.86. The summed E-state index contributed by atoms with van der Waals surface area (Å²) in [5.41, 5.74) is 0. The summed E-state index contributed by atoms with van der Waals surface area (Å²) in [6, 6.07) is 2.22. The molecule has 0 atom stereocenters. The van der Waals surface area contributed by atoms with Gasteiger partial charge in [0, 0.05) is 25.2 Å². The van der Waals surface area contributed by atoms with Crippen LogP contribution < -0.4 is 5.32 Å². The SMILES string of the molecule is O=S(=O)(c1cc(CNC2CC2)oc1Br)N1CCCCCC1. The van der Waals surface area contributed by atoms with Crippen molar-refractivity contribution in [3.63, 3.8) is 0 Å². The first-order chi connectivity index (χ1) is 10.1. The number of rotatable bonds is 5. The van der Waals surface area contributed by atoms with Gasteiger partial charge in [-0.15, -0.1) is 0 Å². The highest BCUT2D eigenvalue weighted by molar-refractivity contribution is 9.10. The third kappa shape index (κ3) is 3.70. The van der Waals surface area contributed by atoms with Gasteiger partial charge in [0.25, 0.3) is 0 Å². The van der Waals surface area contributed by atoms with Gasteiger partial charge in [0.05, 0.1) is 6.54 Å². The summed E-state index contributed by atoms with van der Waals surface area (Å²) in [5.74, 6) is 0.669. The van der Waals surface area contributed by atoms with Crippen LogP contribution in [0.2, 0.25) is 0 Å². The summed E-state index contributed by atoms with van der Waals surface area (Å²) in [4.78, 5) is 0.261. The third-order valence-electron chi connectivity index (χ3n) is 4.03. The highest BCUT2D eigenvalue weighted by Crippen LogP contribution is 2.30. The van der Waals surface area contributed by atoms with Gasteiger partial charge in [0.15, 0.2) is 4.67 Å². The van der Waals surface area contributed by atoms with Crippen molar-refractivity contribution >= 4 is 26.0 Å². The van der Waals surface area contributed by atoms with Gasteiger partial charge in [-0.3, -0.25) is 0 Å². The molecule has 0 radical (unpaired) electrons. The second-order valence-corrected chi connectivity index (χ2v) is 8.45. The van der Waals surface area contributed by atoms with E-state index in [1.807, 2.05) is 0 Å². The Bertz CT molecular complexity index is 587. The van der Waals surface area contributed by atoms with Crippen molar-refractivity contribution in [2.45, 2.75) is 56.0 Å². The minimum absolute atomic E-state index is 0.261. The maximum absolute atomic E-state index is 12.7. The van der Waals surface area contributed by atoms with E-state index in [4.69, 9.17) is 4.42 Å². The first-order valence-electron chi connectivity index (χ1n) is 7.59. The fourth-order valence-electron chi connectivity index (χ4n) is 2.61. The molecule has 5 nitrogen and oxygen atoms in total. The molecular weight excluding hydrogens is 356 g/mol. The van der Waals surface area contributed by atoms with E-state index in [2.05, 4.69) is 21.2 Å². The molecule has 1 saturated heterocycles. The molecule has 0 amide bonds. The molecule has 1 aromatic heterocycles. The van der Waals surface area contributed by atoms with Gasteiger partial charge in [-0.2, -0.15) is 4.31 Å². The number of hydrogen-bond donors (Lipinski definition) is 1. The predicted molar refractivity (Wildman–Crippen MR) is 83.5 cm³/mol. The summed E-state index contributed by atoms with van der Waals surface area (Å²) >= 11 is 3.26. The van der Waals surface area contributed by atoms with E-state index in [9.17, 15) is 8.42 Å². The number of hydrogen-bond acceptors (Lipinski definition) is 4. The Morgan fingerprint density at radius 3 is 2.52 bits per heavy atom. The highest BCUT2D eigenvalue weighted by atomic mass is 79.9. The second kappa shape index (κ2) is 6.40. The Labute approximate surface area is 134 Å². The van der Waals surface area contributed by atoms with Crippen molar-refractivity contribution in [1.82, 2.24) is 9.62 Å². The van der Waals surface area contributed by atoms with E-state index in [1.54, 1.807) is 10.4 Å². The average Bonchev–Trinajstić information content (AvgIpc) is 3.23. The van der Waals surface area contributed by atoms with Crippen molar-refractivity contribution in [3.8, 4) is 0 Å². The van der Waals surface area contributed by atoms with Crippen LogP contribution in [-0.4, -0.2) is 31.9 Å². The van der Waals surface area contributed by atoms with Gasteiger partial charge in [-0.05, 0) is 41.6 Å². The van der Waals surface area contributed by atoms with Crippen LogP contribution in [0.15, 0.2) is 20.0 Å². The summed E-state index contributed by atoms with van der Waals surface area (Å²) in [6.45, 7) is 1.80. The highest BCUT2D eigenvalue weighted by Gasteiger charge is 2.30. The maximum atomic E-state index is 12.7. The van der Waals surface area contributed by atoms with Crippen molar-refractivity contribution in [1.29, 1.82) is 0 Å². The Balaban J connectivity index is 1.76. The molecule has 21 heavy (non-hydrogen) atoms. The Hall–Kier alpha value is -0.370. The minimum atomic E-state index is -3.45. The number of nitrogens with zero attached hydrogens (tertiary/aromatic N) is 1. The Morgan fingerprint density at radius 1 is 1.24 bits per heavy atom. The molecule has 0 bridgehead atoms. The normalized spacial score (nSPS) is 21.4. The second-order valence-electron chi connectivity index (χ2n) is 5.82. The molecular formula is C14H21BrN2O3S. The Morgan fingerprint density at radius 2 is 1.90 bits per heavy atom. The number of nitrogens with one attached hydrogen (secondary N) is 1.